The van der Waals surface area contributed by atoms with Gasteiger partial charge in [0.1, 0.15) is 17.2 Å². The molecule has 1 saturated carbocycles. The predicted octanol–water partition coefficient (Wildman–Crippen LogP) is 5.20. The predicted molar refractivity (Wildman–Crippen MR) is 133 cm³/mol. The van der Waals surface area contributed by atoms with Gasteiger partial charge in [0, 0.05) is 31.7 Å². The molecule has 2 aliphatic rings. The fraction of sp³-hybridized carbons (Fsp3) is 0.429. The molecule has 1 saturated heterocycles. The average Bonchev–Trinajstić information content (AvgIpc) is 3.47. The van der Waals surface area contributed by atoms with Crippen molar-refractivity contribution in [2.45, 2.75) is 44.8 Å². The number of benzene rings is 2. The summed E-state index contributed by atoms with van der Waals surface area (Å²) in [6.07, 6.45) is 5.18. The number of nitrogens with zero attached hydrogens (tertiary/aromatic N) is 3. The SMILES string of the molecule is COc1ccc(Oc2c(CN(C[C@@H]3CCCO3)C(=O)C3CCC3)c(-c3ccccc3)nn2C)cc1. The molecule has 35 heavy (non-hydrogen) atoms. The van der Waals surface area contributed by atoms with Crippen molar-refractivity contribution in [3.8, 4) is 28.6 Å². The van der Waals surface area contributed by atoms with Crippen LogP contribution in [-0.4, -0.2) is 47.0 Å². The minimum absolute atomic E-state index is 0.0850. The topological polar surface area (TPSA) is 65.8 Å². The van der Waals surface area contributed by atoms with Crippen LogP contribution in [0.3, 0.4) is 0 Å². The van der Waals surface area contributed by atoms with Crippen molar-refractivity contribution in [1.29, 1.82) is 0 Å². The van der Waals surface area contributed by atoms with Crippen LogP contribution < -0.4 is 9.47 Å². The number of hydrogen-bond acceptors (Lipinski definition) is 5. The zero-order chi connectivity index (χ0) is 24.2. The smallest absolute Gasteiger partial charge is 0.226 e. The molecule has 3 aromatic rings. The number of aromatic nitrogens is 2. The van der Waals surface area contributed by atoms with Crippen molar-refractivity contribution in [3.05, 3.63) is 60.2 Å². The Morgan fingerprint density at radius 3 is 2.43 bits per heavy atom. The van der Waals surface area contributed by atoms with Crippen molar-refractivity contribution in [1.82, 2.24) is 14.7 Å². The number of ether oxygens (including phenoxy) is 3. The summed E-state index contributed by atoms with van der Waals surface area (Å²) < 4.78 is 19.3. The molecule has 1 amide bonds. The highest BCUT2D eigenvalue weighted by Gasteiger charge is 2.33. The van der Waals surface area contributed by atoms with Gasteiger partial charge < -0.3 is 19.1 Å². The molecular formula is C28H33N3O4. The summed E-state index contributed by atoms with van der Waals surface area (Å²) in [7, 11) is 3.52. The lowest BCUT2D eigenvalue weighted by Gasteiger charge is -2.33. The number of carbonyl (C=O) groups excluding carboxylic acids is 1. The first-order valence-electron chi connectivity index (χ1n) is 12.5. The molecule has 1 aliphatic heterocycles. The molecule has 7 heteroatoms. The lowest BCUT2D eigenvalue weighted by molar-refractivity contribution is -0.140. The second-order valence-electron chi connectivity index (χ2n) is 9.38. The van der Waals surface area contributed by atoms with Crippen LogP contribution in [0.4, 0.5) is 0 Å². The molecule has 184 valence electrons. The summed E-state index contributed by atoms with van der Waals surface area (Å²) in [5.41, 5.74) is 2.73. The lowest BCUT2D eigenvalue weighted by atomic mass is 9.84. The van der Waals surface area contributed by atoms with E-state index in [2.05, 4.69) is 0 Å². The number of methoxy groups -OCH3 is 1. The minimum Gasteiger partial charge on any atom is -0.497 e. The number of carbonyl (C=O) groups is 1. The van der Waals surface area contributed by atoms with E-state index in [0.29, 0.717) is 24.7 Å². The van der Waals surface area contributed by atoms with E-state index in [1.54, 1.807) is 11.8 Å². The van der Waals surface area contributed by atoms with Gasteiger partial charge >= 0.3 is 0 Å². The van der Waals surface area contributed by atoms with E-state index in [9.17, 15) is 4.79 Å². The molecule has 0 unspecified atom stereocenters. The van der Waals surface area contributed by atoms with E-state index in [4.69, 9.17) is 19.3 Å². The molecule has 7 nitrogen and oxygen atoms in total. The van der Waals surface area contributed by atoms with E-state index < -0.39 is 0 Å². The highest BCUT2D eigenvalue weighted by molar-refractivity contribution is 5.80. The molecule has 1 aliphatic carbocycles. The van der Waals surface area contributed by atoms with Crippen LogP contribution in [0.15, 0.2) is 54.6 Å². The largest absolute Gasteiger partial charge is 0.497 e. The van der Waals surface area contributed by atoms with Crippen molar-refractivity contribution >= 4 is 5.91 Å². The number of rotatable bonds is 9. The van der Waals surface area contributed by atoms with Crippen molar-refractivity contribution in [2.24, 2.45) is 13.0 Å². The normalized spacial score (nSPS) is 17.7. The summed E-state index contributed by atoms with van der Waals surface area (Å²) in [5.74, 6) is 2.41. The Morgan fingerprint density at radius 2 is 1.80 bits per heavy atom. The van der Waals surface area contributed by atoms with E-state index in [1.807, 2.05) is 66.5 Å². The lowest BCUT2D eigenvalue weighted by Crippen LogP contribution is -2.42. The third-order valence-corrected chi connectivity index (χ3v) is 6.97. The Hall–Kier alpha value is -3.32. The van der Waals surface area contributed by atoms with Gasteiger partial charge in [0.25, 0.3) is 0 Å². The Balaban J connectivity index is 1.51. The van der Waals surface area contributed by atoms with Gasteiger partial charge in [0.15, 0.2) is 0 Å². The Bertz CT molecular complexity index is 1130. The minimum atomic E-state index is 0.0850. The Morgan fingerprint density at radius 1 is 1.06 bits per heavy atom. The van der Waals surface area contributed by atoms with Gasteiger partial charge in [-0.05, 0) is 49.9 Å². The second kappa shape index (κ2) is 10.5. The highest BCUT2D eigenvalue weighted by Crippen LogP contribution is 2.36. The number of aryl methyl sites for hydroxylation is 1. The fourth-order valence-corrected chi connectivity index (χ4v) is 4.78. The van der Waals surface area contributed by atoms with E-state index in [-0.39, 0.29) is 17.9 Å². The van der Waals surface area contributed by atoms with Crippen LogP contribution in [0.2, 0.25) is 0 Å². The second-order valence-corrected chi connectivity index (χ2v) is 9.38. The summed E-state index contributed by atoms with van der Waals surface area (Å²) in [4.78, 5) is 15.5. The van der Waals surface area contributed by atoms with E-state index in [0.717, 1.165) is 61.3 Å². The maximum Gasteiger partial charge on any atom is 0.226 e. The first-order chi connectivity index (χ1) is 17.1. The molecule has 5 rings (SSSR count). The number of hydrogen-bond donors (Lipinski definition) is 0. The van der Waals surface area contributed by atoms with Gasteiger partial charge in [0.05, 0.1) is 25.3 Å². The van der Waals surface area contributed by atoms with E-state index in [1.165, 1.54) is 0 Å². The van der Waals surface area contributed by atoms with E-state index >= 15 is 0 Å². The average molecular weight is 476 g/mol. The molecule has 0 spiro atoms. The van der Waals surface area contributed by atoms with Gasteiger partial charge in [-0.2, -0.15) is 5.10 Å². The Kier molecular flexibility index (Phi) is 7.04. The standard InChI is InChI=1S/C28H33N3O4/c1-30-28(35-23-15-13-22(33-2)14-16-23)25(26(29-30)20-8-4-3-5-9-20)19-31(18-24-12-7-17-34-24)27(32)21-10-6-11-21/h3-5,8-9,13-16,21,24H,6-7,10-12,17-19H2,1-2H3/t24-/m0/s1. The molecule has 2 aromatic carbocycles. The van der Waals surface area contributed by atoms with Crippen LogP contribution in [0.1, 0.15) is 37.7 Å². The number of amides is 1. The van der Waals surface area contributed by atoms with Gasteiger partial charge in [0.2, 0.25) is 11.8 Å². The van der Waals surface area contributed by atoms with Crippen molar-refractivity contribution in [2.75, 3.05) is 20.3 Å². The summed E-state index contributed by atoms with van der Waals surface area (Å²) >= 11 is 0. The highest BCUT2D eigenvalue weighted by atomic mass is 16.5. The maximum absolute atomic E-state index is 13.5. The third kappa shape index (κ3) is 5.20. The zero-order valence-electron chi connectivity index (χ0n) is 20.5. The molecule has 1 atom stereocenters. The summed E-state index contributed by atoms with van der Waals surface area (Å²) in [6.45, 7) is 1.79. The quantitative estimate of drug-likeness (QED) is 0.426. The molecular weight excluding hydrogens is 442 g/mol. The van der Waals surface area contributed by atoms with Crippen molar-refractivity contribution < 1.29 is 19.0 Å². The van der Waals surface area contributed by atoms with Gasteiger partial charge in [-0.3, -0.25) is 4.79 Å². The van der Waals surface area contributed by atoms with Crippen molar-refractivity contribution in [3.63, 3.8) is 0 Å². The van der Waals surface area contributed by atoms with Gasteiger partial charge in [-0.15, -0.1) is 0 Å². The maximum atomic E-state index is 13.5. The molecule has 2 heterocycles. The van der Waals surface area contributed by atoms with Gasteiger partial charge in [-0.25, -0.2) is 4.68 Å². The zero-order valence-corrected chi connectivity index (χ0v) is 20.5. The van der Waals surface area contributed by atoms with Crippen LogP contribution in [0.25, 0.3) is 11.3 Å². The molecule has 2 fully saturated rings. The third-order valence-electron chi connectivity index (χ3n) is 6.97. The summed E-state index contributed by atoms with van der Waals surface area (Å²) in [6, 6.07) is 17.6. The van der Waals surface area contributed by atoms with Gasteiger partial charge in [-0.1, -0.05) is 36.8 Å². The van der Waals surface area contributed by atoms with Crippen LogP contribution in [-0.2, 0) is 23.1 Å². The fourth-order valence-electron chi connectivity index (χ4n) is 4.78. The Labute approximate surface area is 206 Å². The molecule has 1 aromatic heterocycles. The first kappa shape index (κ1) is 23.4. The molecule has 0 radical (unpaired) electrons. The van der Waals surface area contributed by atoms with Crippen LogP contribution in [0.5, 0.6) is 17.4 Å². The van der Waals surface area contributed by atoms with Crippen LogP contribution in [0, 0.1) is 5.92 Å². The molecule has 0 bridgehead atoms. The summed E-state index contributed by atoms with van der Waals surface area (Å²) in [5, 5.41) is 4.83. The molecule has 0 N–H and O–H groups in total. The van der Waals surface area contributed by atoms with Crippen LogP contribution >= 0.6 is 0 Å². The monoisotopic (exact) mass is 475 g/mol. The first-order valence-corrected chi connectivity index (χ1v) is 12.5.